The van der Waals surface area contributed by atoms with E-state index in [-0.39, 0.29) is 36.2 Å². The molecule has 0 amide bonds. The first-order chi connectivity index (χ1) is 17.6. The molecule has 8 atom stereocenters. The van der Waals surface area contributed by atoms with Gasteiger partial charge in [0, 0.05) is 18.8 Å². The van der Waals surface area contributed by atoms with Crippen molar-refractivity contribution in [1.29, 1.82) is 0 Å². The summed E-state index contributed by atoms with van der Waals surface area (Å²) in [5.41, 5.74) is 3.22. The van der Waals surface area contributed by atoms with Crippen molar-refractivity contribution >= 4 is 11.9 Å². The number of benzene rings is 1. The topological polar surface area (TPSA) is 102 Å². The zero-order valence-corrected chi connectivity index (χ0v) is 22.3. The maximum atomic E-state index is 13.3. The molecule has 1 aliphatic heterocycles. The molecule has 1 aromatic rings. The van der Waals surface area contributed by atoms with E-state index >= 15 is 0 Å². The van der Waals surface area contributed by atoms with Crippen LogP contribution in [0.25, 0.3) is 0 Å². The lowest BCUT2D eigenvalue weighted by Gasteiger charge is -2.43. The van der Waals surface area contributed by atoms with Crippen LogP contribution in [0.4, 0.5) is 0 Å². The van der Waals surface area contributed by atoms with Crippen molar-refractivity contribution in [3.63, 3.8) is 0 Å². The Morgan fingerprint density at radius 1 is 1.16 bits per heavy atom. The number of aryl methyl sites for hydroxylation is 2. The summed E-state index contributed by atoms with van der Waals surface area (Å²) in [7, 11) is 0. The Bertz CT molecular complexity index is 1040. The first-order valence-corrected chi connectivity index (χ1v) is 13.5. The predicted molar refractivity (Wildman–Crippen MR) is 139 cm³/mol. The minimum Gasteiger partial charge on any atom is -0.479 e. The van der Waals surface area contributed by atoms with E-state index in [4.69, 9.17) is 14.2 Å². The van der Waals surface area contributed by atoms with Gasteiger partial charge in [-0.1, -0.05) is 38.1 Å². The van der Waals surface area contributed by atoms with Crippen LogP contribution in [0.1, 0.15) is 63.5 Å². The Balaban J connectivity index is 1.47. The van der Waals surface area contributed by atoms with Gasteiger partial charge in [-0.3, -0.25) is 4.79 Å². The van der Waals surface area contributed by atoms with Gasteiger partial charge in [-0.15, -0.1) is 0 Å². The van der Waals surface area contributed by atoms with E-state index in [9.17, 15) is 19.8 Å². The highest BCUT2D eigenvalue weighted by atomic mass is 16.6. The smallest absolute Gasteiger partial charge is 0.347 e. The molecule has 1 unspecified atom stereocenters. The largest absolute Gasteiger partial charge is 0.479 e. The molecule has 7 heteroatoms. The fourth-order valence-electron chi connectivity index (χ4n) is 5.88. The van der Waals surface area contributed by atoms with E-state index in [2.05, 4.69) is 13.0 Å². The van der Waals surface area contributed by atoms with Crippen LogP contribution >= 0.6 is 0 Å². The number of hydrogen-bond acceptors (Lipinski definition) is 7. The number of aliphatic hydroxyl groups excluding tert-OH is 2. The second kappa shape index (κ2) is 11.8. The fraction of sp³-hybridized carbons (Fsp3) is 0.600. The van der Waals surface area contributed by atoms with Crippen molar-refractivity contribution < 1.29 is 34.0 Å². The third-order valence-corrected chi connectivity index (χ3v) is 8.09. The Labute approximate surface area is 219 Å². The minimum atomic E-state index is -0.744. The Kier molecular flexibility index (Phi) is 8.75. The summed E-state index contributed by atoms with van der Waals surface area (Å²) in [6.07, 6.45) is 5.78. The van der Waals surface area contributed by atoms with Crippen LogP contribution < -0.4 is 4.74 Å². The maximum absolute atomic E-state index is 13.3. The predicted octanol–water partition coefficient (Wildman–Crippen LogP) is 4.35. The molecule has 0 bridgehead atoms. The lowest BCUT2D eigenvalue weighted by Crippen LogP contribution is -2.44. The Morgan fingerprint density at radius 3 is 2.65 bits per heavy atom. The number of ether oxygens (including phenoxy) is 3. The van der Waals surface area contributed by atoms with Crippen LogP contribution in [0.15, 0.2) is 42.0 Å². The van der Waals surface area contributed by atoms with Crippen molar-refractivity contribution in [2.45, 2.75) is 96.7 Å². The number of cyclic esters (lactones) is 1. The van der Waals surface area contributed by atoms with E-state index in [1.54, 1.807) is 0 Å². The quantitative estimate of drug-likeness (QED) is 0.499. The number of fused-ring (bicyclic) bond motifs is 1. The van der Waals surface area contributed by atoms with Crippen molar-refractivity contribution in [3.8, 4) is 5.75 Å². The third-order valence-electron chi connectivity index (χ3n) is 8.09. The van der Waals surface area contributed by atoms with Crippen molar-refractivity contribution in [3.05, 3.63) is 53.1 Å². The van der Waals surface area contributed by atoms with Gasteiger partial charge in [0.2, 0.25) is 0 Å². The number of allylic oxidation sites excluding steroid dienone is 2. The monoisotopic (exact) mass is 512 g/mol. The van der Waals surface area contributed by atoms with Gasteiger partial charge in [-0.25, -0.2) is 4.79 Å². The molecule has 4 rings (SSSR count). The molecule has 37 heavy (non-hydrogen) atoms. The van der Waals surface area contributed by atoms with Crippen LogP contribution in [-0.4, -0.2) is 52.7 Å². The van der Waals surface area contributed by atoms with Gasteiger partial charge >= 0.3 is 11.9 Å². The average molecular weight is 513 g/mol. The summed E-state index contributed by atoms with van der Waals surface area (Å²) in [6.45, 7) is 8.07. The normalized spacial score (nSPS) is 32.1. The van der Waals surface area contributed by atoms with Crippen molar-refractivity contribution in [2.24, 2.45) is 17.8 Å². The van der Waals surface area contributed by atoms with Gasteiger partial charge in [-0.05, 0) is 73.8 Å². The van der Waals surface area contributed by atoms with Crippen LogP contribution in [0.5, 0.6) is 5.75 Å². The lowest BCUT2D eigenvalue weighted by molar-refractivity contribution is -0.165. The standard InChI is InChI=1S/C30H40O7/c1-5-26(35-23-9-7-17(2)19(4)12-23)30(34)37-27-15-21(31)13-20-8-6-18(3)25(29(20)27)11-10-24-14-22(32)16-28(33)36-24/h6-9,12-13,18,21-22,24-27,29,31-32H,5,10-11,14-16H2,1-4H3/t18-,21+,22+,24+,25-,26?,27-,29-/m0/s1. The number of hydrogen-bond donors (Lipinski definition) is 2. The van der Waals surface area contributed by atoms with Crippen molar-refractivity contribution in [2.75, 3.05) is 0 Å². The van der Waals surface area contributed by atoms with Gasteiger partial charge in [0.1, 0.15) is 18.0 Å². The number of rotatable bonds is 8. The summed E-state index contributed by atoms with van der Waals surface area (Å²) in [6, 6.07) is 5.76. The highest BCUT2D eigenvalue weighted by Gasteiger charge is 2.43. The lowest BCUT2D eigenvalue weighted by atomic mass is 9.66. The van der Waals surface area contributed by atoms with E-state index in [0.29, 0.717) is 31.4 Å². The van der Waals surface area contributed by atoms with E-state index in [1.807, 2.05) is 51.1 Å². The second-order valence-electron chi connectivity index (χ2n) is 10.9. The summed E-state index contributed by atoms with van der Waals surface area (Å²) in [4.78, 5) is 25.1. The average Bonchev–Trinajstić information content (AvgIpc) is 2.83. The van der Waals surface area contributed by atoms with Crippen LogP contribution in [0.3, 0.4) is 0 Å². The number of carbonyl (C=O) groups is 2. The molecule has 1 fully saturated rings. The highest BCUT2D eigenvalue weighted by molar-refractivity contribution is 5.75. The summed E-state index contributed by atoms with van der Waals surface area (Å²) in [5, 5.41) is 20.5. The van der Waals surface area contributed by atoms with Gasteiger partial charge < -0.3 is 24.4 Å². The third kappa shape index (κ3) is 6.63. The SMILES string of the molecule is CCC(Oc1ccc(C)c(C)c1)C(=O)O[C@H]1C[C@H](O)C=C2C=C[C@H](C)[C@H](CC[C@@H]3C[C@@H](O)CC(=O)O3)[C@H]21. The van der Waals surface area contributed by atoms with E-state index in [0.717, 1.165) is 23.1 Å². The molecule has 0 aromatic heterocycles. The Morgan fingerprint density at radius 2 is 1.95 bits per heavy atom. The molecule has 1 heterocycles. The summed E-state index contributed by atoms with van der Waals surface area (Å²) >= 11 is 0. The molecule has 2 aliphatic carbocycles. The van der Waals surface area contributed by atoms with Gasteiger partial charge in [-0.2, -0.15) is 0 Å². The van der Waals surface area contributed by atoms with Crippen LogP contribution in [0.2, 0.25) is 0 Å². The molecule has 0 saturated carbocycles. The van der Waals surface area contributed by atoms with Crippen LogP contribution in [-0.2, 0) is 19.1 Å². The zero-order chi connectivity index (χ0) is 26.7. The zero-order valence-electron chi connectivity index (χ0n) is 22.3. The Hall–Kier alpha value is -2.64. The van der Waals surface area contributed by atoms with Gasteiger partial charge in [0.15, 0.2) is 6.10 Å². The summed E-state index contributed by atoms with van der Waals surface area (Å²) < 4.78 is 17.6. The molecule has 1 saturated heterocycles. The molecule has 3 aliphatic rings. The first kappa shape index (κ1) is 27.4. The molecular formula is C30H40O7. The molecule has 2 N–H and O–H groups in total. The molecule has 0 radical (unpaired) electrons. The highest BCUT2D eigenvalue weighted by Crippen LogP contribution is 2.44. The van der Waals surface area contributed by atoms with E-state index < -0.39 is 30.4 Å². The van der Waals surface area contributed by atoms with Gasteiger partial charge in [0.25, 0.3) is 0 Å². The van der Waals surface area contributed by atoms with Crippen LogP contribution in [0, 0.1) is 31.6 Å². The minimum absolute atomic E-state index is 0.0489. The molecule has 7 nitrogen and oxygen atoms in total. The number of aliphatic hydroxyl groups is 2. The summed E-state index contributed by atoms with van der Waals surface area (Å²) in [5.74, 6) is 0.132. The number of esters is 2. The molecule has 0 spiro atoms. The van der Waals surface area contributed by atoms with Crippen molar-refractivity contribution in [1.82, 2.24) is 0 Å². The second-order valence-corrected chi connectivity index (χ2v) is 10.9. The number of carbonyl (C=O) groups excluding carboxylic acids is 2. The molecular weight excluding hydrogens is 472 g/mol. The first-order valence-electron chi connectivity index (χ1n) is 13.5. The molecule has 1 aromatic carbocycles. The maximum Gasteiger partial charge on any atom is 0.347 e. The fourth-order valence-corrected chi connectivity index (χ4v) is 5.88. The molecule has 202 valence electrons. The van der Waals surface area contributed by atoms with E-state index in [1.165, 1.54) is 0 Å². The van der Waals surface area contributed by atoms with Gasteiger partial charge in [0.05, 0.1) is 18.6 Å².